The zero-order chi connectivity index (χ0) is 10.7. The third-order valence-electron chi connectivity index (χ3n) is 2.66. The molecule has 5 heteroatoms. The lowest BCUT2D eigenvalue weighted by molar-refractivity contribution is 0.450. The van der Waals surface area contributed by atoms with Gasteiger partial charge in [-0.15, -0.1) is 0 Å². The van der Waals surface area contributed by atoms with Crippen molar-refractivity contribution >= 4 is 10.0 Å². The third-order valence-corrected chi connectivity index (χ3v) is 3.75. The van der Waals surface area contributed by atoms with Crippen molar-refractivity contribution in [3.05, 3.63) is 0 Å². The van der Waals surface area contributed by atoms with Gasteiger partial charge in [-0.3, -0.25) is 0 Å². The van der Waals surface area contributed by atoms with Gasteiger partial charge in [0, 0.05) is 6.54 Å². The first-order valence-electron chi connectivity index (χ1n) is 4.88. The largest absolute Gasteiger partial charge is 0.225 e. The van der Waals surface area contributed by atoms with Crippen LogP contribution in [0.2, 0.25) is 0 Å². The summed E-state index contributed by atoms with van der Waals surface area (Å²) in [5.74, 6) is -0.435. The zero-order valence-electron chi connectivity index (χ0n) is 8.41. The van der Waals surface area contributed by atoms with Gasteiger partial charge in [0.2, 0.25) is 10.0 Å². The predicted molar refractivity (Wildman–Crippen MR) is 54.0 cm³/mol. The first-order chi connectivity index (χ1) is 6.54. The molecule has 1 rings (SSSR count). The van der Waals surface area contributed by atoms with Gasteiger partial charge >= 0.3 is 0 Å². The van der Waals surface area contributed by atoms with Crippen LogP contribution in [0, 0.1) is 16.7 Å². The quantitative estimate of drug-likeness (QED) is 0.720. The van der Waals surface area contributed by atoms with E-state index in [1.165, 1.54) is 0 Å². The molecule has 0 spiro atoms. The van der Waals surface area contributed by atoms with Crippen LogP contribution in [-0.4, -0.2) is 20.7 Å². The average Bonchev–Trinajstić information content (AvgIpc) is 2.83. The molecule has 1 fully saturated rings. The van der Waals surface area contributed by atoms with Crippen molar-refractivity contribution in [2.45, 2.75) is 32.6 Å². The Bertz CT molecular complexity index is 325. The Hall–Kier alpha value is -0.600. The van der Waals surface area contributed by atoms with Gasteiger partial charge in [-0.2, -0.15) is 5.26 Å². The number of nitrogens with one attached hydrogen (secondary N) is 1. The molecule has 1 aliphatic rings. The van der Waals surface area contributed by atoms with E-state index >= 15 is 0 Å². The lowest BCUT2D eigenvalue weighted by atomic mass is 10.0. The summed E-state index contributed by atoms with van der Waals surface area (Å²) in [7, 11) is -3.35. The van der Waals surface area contributed by atoms with Crippen molar-refractivity contribution in [3.8, 4) is 6.07 Å². The number of hydrogen-bond donors (Lipinski definition) is 1. The molecule has 1 N–H and O–H groups in total. The van der Waals surface area contributed by atoms with Crippen LogP contribution in [0.15, 0.2) is 0 Å². The summed E-state index contributed by atoms with van der Waals surface area (Å²) in [6.45, 7) is 2.61. The summed E-state index contributed by atoms with van der Waals surface area (Å²) in [6.07, 6.45) is 4.37. The lowest BCUT2D eigenvalue weighted by Gasteiger charge is -2.13. The van der Waals surface area contributed by atoms with E-state index < -0.39 is 15.8 Å². The highest BCUT2D eigenvalue weighted by Crippen LogP contribution is 2.48. The molecule has 0 bridgehead atoms. The molecule has 4 nitrogen and oxygen atoms in total. The number of nitriles is 1. The van der Waals surface area contributed by atoms with Crippen molar-refractivity contribution in [3.63, 3.8) is 0 Å². The smallest absolute Gasteiger partial charge is 0.214 e. The van der Waals surface area contributed by atoms with E-state index in [0.29, 0.717) is 6.54 Å². The second kappa shape index (κ2) is 4.28. The minimum atomic E-state index is -3.35. The standard InChI is InChI=1S/C9H16N2O2S/c1-2-3-9(4-5-9)8-11-14(12,13)7-6-10/h11H,2-5,7-8H2,1H3. The first-order valence-corrected chi connectivity index (χ1v) is 6.53. The number of sulfonamides is 1. The highest BCUT2D eigenvalue weighted by Gasteiger charge is 2.41. The fourth-order valence-electron chi connectivity index (χ4n) is 1.62. The Labute approximate surface area is 85.4 Å². The van der Waals surface area contributed by atoms with E-state index in [9.17, 15) is 8.42 Å². The maximum absolute atomic E-state index is 11.2. The molecule has 0 radical (unpaired) electrons. The Balaban J connectivity index is 2.38. The van der Waals surface area contributed by atoms with Crippen LogP contribution >= 0.6 is 0 Å². The van der Waals surface area contributed by atoms with Crippen molar-refractivity contribution in [2.75, 3.05) is 12.3 Å². The van der Waals surface area contributed by atoms with Gasteiger partial charge in [-0.25, -0.2) is 13.1 Å². The summed E-state index contributed by atoms with van der Waals surface area (Å²) in [5.41, 5.74) is 0.206. The van der Waals surface area contributed by atoms with Gasteiger partial charge < -0.3 is 0 Å². The van der Waals surface area contributed by atoms with Gasteiger partial charge in [0.25, 0.3) is 0 Å². The van der Waals surface area contributed by atoms with Crippen LogP contribution in [0.1, 0.15) is 32.6 Å². The molecule has 0 aromatic heterocycles. The van der Waals surface area contributed by atoms with E-state index in [1.807, 2.05) is 0 Å². The molecule has 0 aliphatic heterocycles. The Kier molecular flexibility index (Phi) is 3.51. The molecule has 0 saturated heterocycles. The minimum absolute atomic E-state index is 0.206. The fourth-order valence-corrected chi connectivity index (χ4v) is 2.42. The van der Waals surface area contributed by atoms with Crippen LogP contribution in [0.4, 0.5) is 0 Å². The zero-order valence-corrected chi connectivity index (χ0v) is 9.23. The van der Waals surface area contributed by atoms with Crippen LogP contribution in [-0.2, 0) is 10.0 Å². The molecule has 0 unspecified atom stereocenters. The average molecular weight is 216 g/mol. The van der Waals surface area contributed by atoms with Gasteiger partial charge in [-0.1, -0.05) is 13.3 Å². The molecule has 14 heavy (non-hydrogen) atoms. The molecular weight excluding hydrogens is 200 g/mol. The van der Waals surface area contributed by atoms with Gasteiger partial charge in [0.05, 0.1) is 6.07 Å². The van der Waals surface area contributed by atoms with Crippen LogP contribution in [0.3, 0.4) is 0 Å². The SMILES string of the molecule is CCCC1(CNS(=O)(=O)CC#N)CC1. The van der Waals surface area contributed by atoms with Gasteiger partial charge in [0.1, 0.15) is 0 Å². The van der Waals surface area contributed by atoms with E-state index in [4.69, 9.17) is 5.26 Å². The van der Waals surface area contributed by atoms with E-state index in [1.54, 1.807) is 6.07 Å². The third kappa shape index (κ3) is 3.28. The Morgan fingerprint density at radius 2 is 2.14 bits per heavy atom. The molecule has 80 valence electrons. The van der Waals surface area contributed by atoms with Crippen molar-refractivity contribution < 1.29 is 8.42 Å². The van der Waals surface area contributed by atoms with Crippen LogP contribution in [0.25, 0.3) is 0 Å². The lowest BCUT2D eigenvalue weighted by Crippen LogP contribution is -2.31. The number of rotatable bonds is 6. The molecule has 0 amide bonds. The fraction of sp³-hybridized carbons (Fsp3) is 0.889. The van der Waals surface area contributed by atoms with Crippen molar-refractivity contribution in [2.24, 2.45) is 5.41 Å². The molecule has 0 heterocycles. The first kappa shape index (κ1) is 11.5. The maximum Gasteiger partial charge on any atom is 0.225 e. The number of nitrogens with zero attached hydrogens (tertiary/aromatic N) is 1. The Morgan fingerprint density at radius 3 is 2.57 bits per heavy atom. The highest BCUT2D eigenvalue weighted by molar-refractivity contribution is 7.89. The molecular formula is C9H16N2O2S. The topological polar surface area (TPSA) is 70.0 Å². The molecule has 0 aromatic carbocycles. The maximum atomic E-state index is 11.2. The molecule has 0 atom stereocenters. The predicted octanol–water partition coefficient (Wildman–Crippen LogP) is 1.01. The number of hydrogen-bond acceptors (Lipinski definition) is 3. The molecule has 1 saturated carbocycles. The van der Waals surface area contributed by atoms with Crippen molar-refractivity contribution in [1.82, 2.24) is 4.72 Å². The normalized spacial score (nSPS) is 18.9. The highest BCUT2D eigenvalue weighted by atomic mass is 32.2. The molecule has 0 aromatic rings. The Morgan fingerprint density at radius 1 is 1.50 bits per heavy atom. The summed E-state index contributed by atoms with van der Waals surface area (Å²) in [5, 5.41) is 8.28. The summed E-state index contributed by atoms with van der Waals surface area (Å²) < 4.78 is 24.8. The van der Waals surface area contributed by atoms with E-state index in [-0.39, 0.29) is 5.41 Å². The molecule has 1 aliphatic carbocycles. The van der Waals surface area contributed by atoms with Gasteiger partial charge in [0.15, 0.2) is 5.75 Å². The van der Waals surface area contributed by atoms with Gasteiger partial charge in [-0.05, 0) is 24.7 Å². The second-order valence-corrected chi connectivity index (χ2v) is 5.80. The summed E-state index contributed by atoms with van der Waals surface area (Å²) in [6, 6.07) is 1.65. The van der Waals surface area contributed by atoms with Crippen molar-refractivity contribution in [1.29, 1.82) is 5.26 Å². The van der Waals surface area contributed by atoms with E-state index in [2.05, 4.69) is 11.6 Å². The van der Waals surface area contributed by atoms with E-state index in [0.717, 1.165) is 25.7 Å². The van der Waals surface area contributed by atoms with Crippen LogP contribution < -0.4 is 4.72 Å². The monoisotopic (exact) mass is 216 g/mol. The minimum Gasteiger partial charge on any atom is -0.214 e. The summed E-state index contributed by atoms with van der Waals surface area (Å²) >= 11 is 0. The van der Waals surface area contributed by atoms with Crippen LogP contribution in [0.5, 0.6) is 0 Å². The second-order valence-electron chi connectivity index (χ2n) is 3.99. The summed E-state index contributed by atoms with van der Waals surface area (Å²) in [4.78, 5) is 0.